The number of esters is 1. The maximum absolute atomic E-state index is 10.6. The van der Waals surface area contributed by atoms with Crippen molar-refractivity contribution in [3.63, 3.8) is 0 Å². The number of ether oxygens (including phenoxy) is 1. The molecule has 0 aromatic rings. The number of rotatable bonds is 16. The lowest BCUT2D eigenvalue weighted by molar-refractivity contribution is -0.141. The quantitative estimate of drug-likeness (QED) is 0.183. The Bertz CT molecular complexity index is 258. The number of allylic oxidation sites excluding steroid dienone is 2. The third-order valence-electron chi connectivity index (χ3n) is 3.96. The summed E-state index contributed by atoms with van der Waals surface area (Å²) >= 11 is 0. The average Bonchev–Trinajstić information content (AvgIpc) is 2.50. The van der Waals surface area contributed by atoms with Gasteiger partial charge in [-0.2, -0.15) is 0 Å². The number of carbonyl (C=O) groups is 1. The van der Waals surface area contributed by atoms with Crippen molar-refractivity contribution in [2.75, 3.05) is 6.61 Å². The van der Waals surface area contributed by atoms with Crippen molar-refractivity contribution in [1.29, 1.82) is 0 Å². The highest BCUT2D eigenvalue weighted by Crippen LogP contribution is 2.09. The molecule has 0 atom stereocenters. The van der Waals surface area contributed by atoms with Crippen LogP contribution in [-0.4, -0.2) is 12.6 Å². The second-order valence-corrected chi connectivity index (χ2v) is 6.28. The zero-order valence-corrected chi connectivity index (χ0v) is 15.1. The summed E-state index contributed by atoms with van der Waals surface area (Å²) in [6.45, 7) is 4.34. The van der Waals surface area contributed by atoms with Crippen LogP contribution < -0.4 is 0 Å². The van der Waals surface area contributed by atoms with Crippen LogP contribution in [0.4, 0.5) is 0 Å². The standard InChI is InChI=1S/C20H38O2/c1-3-4-5-6-7-8-9-10-11-12-13-14-15-16-17-18-19-22-20(2)21/h10-11H,3-9,12-19H2,1-2H3/b11-10-. The summed E-state index contributed by atoms with van der Waals surface area (Å²) < 4.78 is 4.91. The van der Waals surface area contributed by atoms with Crippen LogP contribution in [0.3, 0.4) is 0 Å². The maximum Gasteiger partial charge on any atom is 0.302 e. The van der Waals surface area contributed by atoms with Crippen LogP contribution in [0.2, 0.25) is 0 Å². The molecule has 130 valence electrons. The molecule has 0 unspecified atom stereocenters. The SMILES string of the molecule is CCCCCCCC/C=C\CCCCCCCCOC(C)=O. The summed E-state index contributed by atoms with van der Waals surface area (Å²) in [5, 5.41) is 0. The molecule has 0 saturated carbocycles. The second kappa shape index (κ2) is 18.3. The molecule has 0 N–H and O–H groups in total. The monoisotopic (exact) mass is 310 g/mol. The molecule has 0 radical (unpaired) electrons. The molecular weight excluding hydrogens is 272 g/mol. The van der Waals surface area contributed by atoms with E-state index < -0.39 is 0 Å². The maximum atomic E-state index is 10.6. The third kappa shape index (κ3) is 19.2. The summed E-state index contributed by atoms with van der Waals surface area (Å²) in [6.07, 6.45) is 23.0. The Labute approximate surface area is 138 Å². The van der Waals surface area contributed by atoms with Crippen LogP contribution in [0.15, 0.2) is 12.2 Å². The molecule has 0 heterocycles. The molecule has 0 amide bonds. The molecule has 22 heavy (non-hydrogen) atoms. The van der Waals surface area contributed by atoms with E-state index in [0.29, 0.717) is 6.61 Å². The first-order valence-electron chi connectivity index (χ1n) is 9.55. The summed E-state index contributed by atoms with van der Waals surface area (Å²) in [5.41, 5.74) is 0. The molecule has 0 fully saturated rings. The van der Waals surface area contributed by atoms with E-state index in [1.807, 2.05) is 0 Å². The van der Waals surface area contributed by atoms with Gasteiger partial charge in [0.05, 0.1) is 6.61 Å². The highest BCUT2D eigenvalue weighted by Gasteiger charge is 1.94. The van der Waals surface area contributed by atoms with Crippen molar-refractivity contribution < 1.29 is 9.53 Å². The number of carbonyl (C=O) groups excluding carboxylic acids is 1. The molecular formula is C20H38O2. The fraction of sp³-hybridized carbons (Fsp3) is 0.850. The molecule has 0 aromatic carbocycles. The zero-order valence-electron chi connectivity index (χ0n) is 15.1. The van der Waals surface area contributed by atoms with E-state index in [4.69, 9.17) is 4.74 Å². The van der Waals surface area contributed by atoms with Crippen molar-refractivity contribution in [2.45, 2.75) is 104 Å². The predicted octanol–water partition coefficient (Wildman–Crippen LogP) is 6.59. The Morgan fingerprint density at radius 1 is 0.727 bits per heavy atom. The van der Waals surface area contributed by atoms with E-state index in [9.17, 15) is 4.79 Å². The molecule has 0 spiro atoms. The van der Waals surface area contributed by atoms with Gasteiger partial charge in [0.1, 0.15) is 0 Å². The van der Waals surface area contributed by atoms with Crippen molar-refractivity contribution in [2.24, 2.45) is 0 Å². The summed E-state index contributed by atoms with van der Waals surface area (Å²) in [6, 6.07) is 0. The first kappa shape index (κ1) is 21.2. The molecule has 2 heteroatoms. The summed E-state index contributed by atoms with van der Waals surface area (Å²) in [4.78, 5) is 10.6. The Balaban J connectivity index is 3.06. The van der Waals surface area contributed by atoms with Crippen molar-refractivity contribution in [3.05, 3.63) is 12.2 Å². The van der Waals surface area contributed by atoms with Crippen LogP contribution >= 0.6 is 0 Å². The van der Waals surface area contributed by atoms with E-state index in [0.717, 1.165) is 6.42 Å². The smallest absolute Gasteiger partial charge is 0.302 e. The molecule has 2 nitrogen and oxygen atoms in total. The van der Waals surface area contributed by atoms with E-state index in [2.05, 4.69) is 19.1 Å². The van der Waals surface area contributed by atoms with Crippen molar-refractivity contribution >= 4 is 5.97 Å². The highest BCUT2D eigenvalue weighted by molar-refractivity contribution is 5.65. The minimum Gasteiger partial charge on any atom is -0.466 e. The van der Waals surface area contributed by atoms with Crippen molar-refractivity contribution in [3.8, 4) is 0 Å². The van der Waals surface area contributed by atoms with Crippen molar-refractivity contribution in [1.82, 2.24) is 0 Å². The first-order chi connectivity index (χ1) is 10.8. The van der Waals surface area contributed by atoms with Gasteiger partial charge < -0.3 is 4.74 Å². The normalized spacial score (nSPS) is 11.2. The lowest BCUT2D eigenvalue weighted by atomic mass is 10.1. The molecule has 0 aliphatic heterocycles. The van der Waals surface area contributed by atoms with E-state index in [-0.39, 0.29) is 5.97 Å². The Kier molecular flexibility index (Phi) is 17.6. The zero-order chi connectivity index (χ0) is 16.3. The number of unbranched alkanes of at least 4 members (excludes halogenated alkanes) is 12. The fourth-order valence-electron chi connectivity index (χ4n) is 2.57. The minimum atomic E-state index is -0.159. The lowest BCUT2D eigenvalue weighted by Gasteiger charge is -2.02. The van der Waals surface area contributed by atoms with Crippen LogP contribution in [0.1, 0.15) is 104 Å². The minimum absolute atomic E-state index is 0.159. The Morgan fingerprint density at radius 2 is 1.18 bits per heavy atom. The van der Waals surface area contributed by atoms with Gasteiger partial charge in [0.2, 0.25) is 0 Å². The van der Waals surface area contributed by atoms with Gasteiger partial charge in [-0.1, -0.05) is 76.9 Å². The molecule has 0 saturated heterocycles. The van der Waals surface area contributed by atoms with Crippen LogP contribution in [-0.2, 0) is 9.53 Å². The van der Waals surface area contributed by atoms with E-state index in [1.54, 1.807) is 0 Å². The first-order valence-corrected chi connectivity index (χ1v) is 9.55. The van der Waals surface area contributed by atoms with Crippen LogP contribution in [0.5, 0.6) is 0 Å². The lowest BCUT2D eigenvalue weighted by Crippen LogP contribution is -1.99. The molecule has 0 aromatic heterocycles. The molecule has 0 aliphatic carbocycles. The summed E-state index contributed by atoms with van der Waals surface area (Å²) in [7, 11) is 0. The van der Waals surface area contributed by atoms with Gasteiger partial charge in [0, 0.05) is 6.92 Å². The molecule has 0 rings (SSSR count). The highest BCUT2D eigenvalue weighted by atomic mass is 16.5. The van der Waals surface area contributed by atoms with Gasteiger partial charge in [-0.25, -0.2) is 0 Å². The average molecular weight is 311 g/mol. The predicted molar refractivity (Wildman–Crippen MR) is 96.1 cm³/mol. The van der Waals surface area contributed by atoms with Crippen LogP contribution in [0, 0.1) is 0 Å². The van der Waals surface area contributed by atoms with Gasteiger partial charge in [-0.15, -0.1) is 0 Å². The van der Waals surface area contributed by atoms with Gasteiger partial charge in [-0.05, 0) is 32.1 Å². The Morgan fingerprint density at radius 3 is 1.68 bits per heavy atom. The summed E-state index contributed by atoms with van der Waals surface area (Å²) in [5.74, 6) is -0.159. The molecule has 0 aliphatic rings. The fourth-order valence-corrected chi connectivity index (χ4v) is 2.57. The number of hydrogen-bond donors (Lipinski definition) is 0. The topological polar surface area (TPSA) is 26.3 Å². The largest absolute Gasteiger partial charge is 0.466 e. The van der Waals surface area contributed by atoms with Gasteiger partial charge in [0.25, 0.3) is 0 Å². The molecule has 0 bridgehead atoms. The van der Waals surface area contributed by atoms with Crippen LogP contribution in [0.25, 0.3) is 0 Å². The Hall–Kier alpha value is -0.790. The second-order valence-electron chi connectivity index (χ2n) is 6.28. The third-order valence-corrected chi connectivity index (χ3v) is 3.96. The van der Waals surface area contributed by atoms with E-state index >= 15 is 0 Å². The van der Waals surface area contributed by atoms with Gasteiger partial charge in [-0.3, -0.25) is 4.79 Å². The van der Waals surface area contributed by atoms with E-state index in [1.165, 1.54) is 90.4 Å². The van der Waals surface area contributed by atoms with Gasteiger partial charge >= 0.3 is 5.97 Å². The number of hydrogen-bond acceptors (Lipinski definition) is 2. The van der Waals surface area contributed by atoms with Gasteiger partial charge in [0.15, 0.2) is 0 Å².